The predicted molar refractivity (Wildman–Crippen MR) is 101 cm³/mol. The van der Waals surface area contributed by atoms with Gasteiger partial charge in [-0.1, -0.05) is 18.2 Å². The van der Waals surface area contributed by atoms with Crippen LogP contribution in [-0.4, -0.2) is 53.9 Å². The third-order valence-corrected chi connectivity index (χ3v) is 5.23. The smallest absolute Gasteiger partial charge is 0.245 e. The number of nitrogens with zero attached hydrogens (tertiary/aromatic N) is 3. The molecule has 6 heteroatoms. The molecule has 136 valence electrons. The van der Waals surface area contributed by atoms with Gasteiger partial charge in [-0.3, -0.25) is 19.4 Å². The second kappa shape index (κ2) is 6.70. The van der Waals surface area contributed by atoms with E-state index in [2.05, 4.69) is 10.2 Å². The molecule has 0 radical (unpaired) electrons. The number of benzene rings is 1. The molecule has 0 saturated carbocycles. The van der Waals surface area contributed by atoms with Crippen molar-refractivity contribution in [1.29, 1.82) is 0 Å². The van der Waals surface area contributed by atoms with E-state index in [1.165, 1.54) is 0 Å². The fourth-order valence-corrected chi connectivity index (χ4v) is 4.03. The lowest BCUT2D eigenvalue weighted by molar-refractivity contribution is -0.119. The van der Waals surface area contributed by atoms with Crippen LogP contribution in [0.1, 0.15) is 21.6 Å². The first kappa shape index (κ1) is 17.0. The van der Waals surface area contributed by atoms with Crippen LogP contribution in [0, 0.1) is 6.92 Å². The average Bonchev–Trinajstić information content (AvgIpc) is 2.83. The number of hydrogen-bond donors (Lipinski definition) is 1. The molecular formula is C20H24N4O2. The van der Waals surface area contributed by atoms with E-state index in [1.807, 2.05) is 49.0 Å². The largest absolute Gasteiger partial charge is 0.346 e. The van der Waals surface area contributed by atoms with Gasteiger partial charge in [-0.2, -0.15) is 0 Å². The van der Waals surface area contributed by atoms with Gasteiger partial charge in [-0.15, -0.1) is 0 Å². The van der Waals surface area contributed by atoms with Gasteiger partial charge < -0.3 is 9.88 Å². The fraction of sp³-hybridized carbons (Fsp3) is 0.400. The number of aryl methyl sites for hydroxylation is 2. The summed E-state index contributed by atoms with van der Waals surface area (Å²) in [4.78, 5) is 30.2. The summed E-state index contributed by atoms with van der Waals surface area (Å²) in [7, 11) is 1.87. The van der Waals surface area contributed by atoms with Crippen LogP contribution in [0.5, 0.6) is 0 Å². The minimum Gasteiger partial charge on any atom is -0.346 e. The molecule has 1 fully saturated rings. The van der Waals surface area contributed by atoms with Crippen molar-refractivity contribution >= 4 is 23.1 Å². The lowest BCUT2D eigenvalue weighted by Crippen LogP contribution is -2.47. The van der Waals surface area contributed by atoms with Crippen molar-refractivity contribution in [1.82, 2.24) is 14.8 Å². The highest BCUT2D eigenvalue weighted by molar-refractivity contribution is 6.13. The van der Waals surface area contributed by atoms with E-state index in [1.54, 1.807) is 4.90 Å². The molecule has 1 N–H and O–H groups in total. The summed E-state index contributed by atoms with van der Waals surface area (Å²) in [5, 5.41) is 3.31. The summed E-state index contributed by atoms with van der Waals surface area (Å²) < 4.78 is 1.85. The maximum atomic E-state index is 13.4. The van der Waals surface area contributed by atoms with Gasteiger partial charge in [0, 0.05) is 45.8 Å². The minimum atomic E-state index is 0.0181. The quantitative estimate of drug-likeness (QED) is 0.893. The van der Waals surface area contributed by atoms with E-state index in [4.69, 9.17) is 0 Å². The summed E-state index contributed by atoms with van der Waals surface area (Å²) in [6.07, 6.45) is 2.25. The Morgan fingerprint density at radius 1 is 1.19 bits per heavy atom. The number of amides is 1. The van der Waals surface area contributed by atoms with Crippen LogP contribution in [0.25, 0.3) is 0 Å². The molecule has 0 unspecified atom stereocenters. The van der Waals surface area contributed by atoms with Gasteiger partial charge in [0.1, 0.15) is 5.69 Å². The van der Waals surface area contributed by atoms with E-state index in [0.29, 0.717) is 18.7 Å². The molecule has 2 aliphatic rings. The zero-order valence-electron chi connectivity index (χ0n) is 15.3. The Kier molecular flexibility index (Phi) is 4.38. The van der Waals surface area contributed by atoms with Crippen LogP contribution in [0.4, 0.5) is 11.4 Å². The number of ketones is 1. The number of hydrogen-bond acceptors (Lipinski definition) is 4. The number of para-hydroxylation sites is 1. The second-order valence-corrected chi connectivity index (χ2v) is 7.10. The van der Waals surface area contributed by atoms with Gasteiger partial charge >= 0.3 is 0 Å². The molecule has 26 heavy (non-hydrogen) atoms. The Bertz CT molecular complexity index is 865. The molecule has 6 nitrogen and oxygen atoms in total. The summed E-state index contributed by atoms with van der Waals surface area (Å²) in [5.41, 5.74) is 4.03. The number of rotatable bonds is 2. The summed E-state index contributed by atoms with van der Waals surface area (Å²) in [6.45, 7) is 5.85. The summed E-state index contributed by atoms with van der Waals surface area (Å²) in [5.74, 6) is 0.0742. The third-order valence-electron chi connectivity index (χ3n) is 5.23. The van der Waals surface area contributed by atoms with E-state index < -0.39 is 0 Å². The first-order chi connectivity index (χ1) is 12.6. The number of nitrogens with one attached hydrogen (secondary N) is 1. The number of carbonyl (C=O) groups excluding carboxylic acids is 2. The van der Waals surface area contributed by atoms with E-state index in [0.717, 1.165) is 48.7 Å². The molecule has 0 bridgehead atoms. The average molecular weight is 352 g/mol. The SMILES string of the molecule is Cc1cn(C)c2c1N(C(=O)CN1CCNCC1)c1ccccc1CC2=O. The van der Waals surface area contributed by atoms with Gasteiger partial charge in [0.05, 0.1) is 17.9 Å². The molecule has 2 aromatic rings. The van der Waals surface area contributed by atoms with Crippen LogP contribution in [0.15, 0.2) is 30.5 Å². The van der Waals surface area contributed by atoms with Gasteiger partial charge in [0.2, 0.25) is 5.91 Å². The van der Waals surface area contributed by atoms with Crippen LogP contribution in [-0.2, 0) is 18.3 Å². The number of carbonyl (C=O) groups is 2. The van der Waals surface area contributed by atoms with Gasteiger partial charge in [0.25, 0.3) is 0 Å². The molecule has 3 heterocycles. The van der Waals surface area contributed by atoms with Crippen LogP contribution < -0.4 is 10.2 Å². The van der Waals surface area contributed by atoms with E-state index >= 15 is 0 Å². The number of piperazine rings is 1. The van der Waals surface area contributed by atoms with Gasteiger partial charge in [-0.25, -0.2) is 0 Å². The molecule has 2 aliphatic heterocycles. The first-order valence-corrected chi connectivity index (χ1v) is 9.09. The standard InChI is InChI=1S/C20H24N4O2/c1-14-12-22(2)20-17(25)11-15-5-3-4-6-16(15)24(19(14)20)18(26)13-23-9-7-21-8-10-23/h3-6,12,21H,7-11,13H2,1-2H3. The Morgan fingerprint density at radius 3 is 2.69 bits per heavy atom. The molecule has 4 rings (SSSR count). The second-order valence-electron chi connectivity index (χ2n) is 7.10. The molecule has 0 aliphatic carbocycles. The Morgan fingerprint density at radius 2 is 1.92 bits per heavy atom. The Labute approximate surface area is 153 Å². The van der Waals surface area contributed by atoms with E-state index in [9.17, 15) is 9.59 Å². The van der Waals surface area contributed by atoms with Crippen LogP contribution in [0.3, 0.4) is 0 Å². The fourth-order valence-electron chi connectivity index (χ4n) is 4.03. The van der Waals surface area contributed by atoms with Crippen molar-refractivity contribution in [2.24, 2.45) is 7.05 Å². The Hall–Kier alpha value is -2.44. The highest BCUT2D eigenvalue weighted by Crippen LogP contribution is 2.39. The molecule has 0 atom stereocenters. The topological polar surface area (TPSA) is 57.6 Å². The molecule has 0 spiro atoms. The lowest BCUT2D eigenvalue weighted by Gasteiger charge is -2.30. The monoisotopic (exact) mass is 352 g/mol. The molecule has 1 saturated heterocycles. The van der Waals surface area contributed by atoms with Crippen LogP contribution >= 0.6 is 0 Å². The highest BCUT2D eigenvalue weighted by Gasteiger charge is 2.33. The van der Waals surface area contributed by atoms with Crippen LogP contribution in [0.2, 0.25) is 0 Å². The number of aromatic nitrogens is 1. The number of fused-ring (bicyclic) bond motifs is 2. The lowest BCUT2D eigenvalue weighted by atomic mass is 10.1. The van der Waals surface area contributed by atoms with Crippen molar-refractivity contribution in [2.75, 3.05) is 37.6 Å². The third kappa shape index (κ3) is 2.85. The maximum Gasteiger partial charge on any atom is 0.245 e. The van der Waals surface area contributed by atoms with Crippen molar-refractivity contribution in [2.45, 2.75) is 13.3 Å². The summed E-state index contributed by atoms with van der Waals surface area (Å²) in [6, 6.07) is 7.74. The normalized spacial score (nSPS) is 17.6. The zero-order chi connectivity index (χ0) is 18.3. The molecule has 1 amide bonds. The number of anilines is 2. The van der Waals surface area contributed by atoms with Gasteiger partial charge in [-0.05, 0) is 24.1 Å². The molecule has 1 aromatic heterocycles. The maximum absolute atomic E-state index is 13.4. The van der Waals surface area contributed by atoms with E-state index in [-0.39, 0.29) is 11.7 Å². The first-order valence-electron chi connectivity index (χ1n) is 9.09. The predicted octanol–water partition coefficient (Wildman–Crippen LogP) is 1.64. The van der Waals surface area contributed by atoms with Crippen molar-refractivity contribution in [3.05, 3.63) is 47.3 Å². The Balaban J connectivity index is 1.80. The zero-order valence-corrected chi connectivity index (χ0v) is 15.3. The molecule has 1 aromatic carbocycles. The summed E-state index contributed by atoms with van der Waals surface area (Å²) >= 11 is 0. The number of Topliss-reactive ketones (excluding diaryl/α,β-unsaturated/α-hetero) is 1. The minimum absolute atomic E-state index is 0.0181. The van der Waals surface area contributed by atoms with Crippen molar-refractivity contribution < 1.29 is 9.59 Å². The highest BCUT2D eigenvalue weighted by atomic mass is 16.2. The van der Waals surface area contributed by atoms with Crippen molar-refractivity contribution in [3.8, 4) is 0 Å². The molecular weight excluding hydrogens is 328 g/mol. The van der Waals surface area contributed by atoms with Crippen molar-refractivity contribution in [3.63, 3.8) is 0 Å². The van der Waals surface area contributed by atoms with Gasteiger partial charge in [0.15, 0.2) is 5.78 Å².